The molecule has 1 heterocycles. The highest BCUT2D eigenvalue weighted by molar-refractivity contribution is 5.95. The minimum Gasteiger partial charge on any atom is -0.493 e. The Bertz CT molecular complexity index is 667. The van der Waals surface area contributed by atoms with Crippen molar-refractivity contribution in [2.45, 2.75) is 19.9 Å². The summed E-state index contributed by atoms with van der Waals surface area (Å²) >= 11 is 0. The summed E-state index contributed by atoms with van der Waals surface area (Å²) in [6, 6.07) is 4.80. The van der Waals surface area contributed by atoms with Crippen LogP contribution in [0.25, 0.3) is 0 Å². The number of allylic oxidation sites excluding steroid dienone is 1. The van der Waals surface area contributed by atoms with E-state index in [0.717, 1.165) is 5.56 Å². The first-order chi connectivity index (χ1) is 11.0. The summed E-state index contributed by atoms with van der Waals surface area (Å²) < 4.78 is 15.7. The van der Waals surface area contributed by atoms with Crippen molar-refractivity contribution in [1.29, 1.82) is 0 Å². The molecule has 0 saturated carbocycles. The molecule has 0 aliphatic carbocycles. The number of methoxy groups -OCH3 is 2. The van der Waals surface area contributed by atoms with Crippen LogP contribution in [0.5, 0.6) is 11.5 Å². The Labute approximate surface area is 135 Å². The highest BCUT2D eigenvalue weighted by Gasteiger charge is 2.30. The van der Waals surface area contributed by atoms with Crippen LogP contribution in [-0.4, -0.2) is 32.8 Å². The monoisotopic (exact) mass is 319 g/mol. The summed E-state index contributed by atoms with van der Waals surface area (Å²) in [5, 5.41) is 2.87. The zero-order valence-electron chi connectivity index (χ0n) is 13.7. The predicted octanol–water partition coefficient (Wildman–Crippen LogP) is 1.50. The number of ether oxygens (including phenoxy) is 3. The van der Waals surface area contributed by atoms with Crippen molar-refractivity contribution in [3.63, 3.8) is 0 Å². The van der Waals surface area contributed by atoms with Crippen LogP contribution in [0.4, 0.5) is 0 Å². The summed E-state index contributed by atoms with van der Waals surface area (Å²) in [4.78, 5) is 16.6. The van der Waals surface area contributed by atoms with Gasteiger partial charge in [-0.2, -0.15) is 0 Å². The number of rotatable bonds is 5. The summed E-state index contributed by atoms with van der Waals surface area (Å²) in [6.07, 6.45) is 0. The van der Waals surface area contributed by atoms with Gasteiger partial charge >= 0.3 is 5.97 Å². The Morgan fingerprint density at radius 3 is 2.61 bits per heavy atom. The molecule has 1 aromatic carbocycles. The molecule has 1 unspecified atom stereocenters. The molecule has 1 aromatic rings. The van der Waals surface area contributed by atoms with Gasteiger partial charge in [0.05, 0.1) is 26.4 Å². The highest BCUT2D eigenvalue weighted by atomic mass is 16.5. The zero-order valence-corrected chi connectivity index (χ0v) is 13.7. The molecule has 0 spiro atoms. The van der Waals surface area contributed by atoms with Gasteiger partial charge in [0, 0.05) is 5.70 Å². The third-order valence-electron chi connectivity index (χ3n) is 3.48. The van der Waals surface area contributed by atoms with Gasteiger partial charge in [-0.15, -0.1) is 0 Å². The number of esters is 1. The van der Waals surface area contributed by atoms with Crippen LogP contribution in [0.15, 0.2) is 34.5 Å². The molecule has 0 bridgehead atoms. The number of aliphatic imine (C=N–C) groups is 1. The minimum atomic E-state index is -0.560. The lowest BCUT2D eigenvalue weighted by Crippen LogP contribution is -2.37. The van der Waals surface area contributed by atoms with Crippen molar-refractivity contribution >= 4 is 11.9 Å². The van der Waals surface area contributed by atoms with Crippen molar-refractivity contribution in [2.75, 3.05) is 20.8 Å². The van der Waals surface area contributed by atoms with E-state index in [1.54, 1.807) is 40.2 Å². The van der Waals surface area contributed by atoms with Gasteiger partial charge in [-0.05, 0) is 31.5 Å². The number of carbonyl (C=O) groups excluding carboxylic acids is 1. The van der Waals surface area contributed by atoms with E-state index in [-0.39, 0.29) is 12.6 Å². The Morgan fingerprint density at radius 1 is 1.30 bits per heavy atom. The molecule has 1 aliphatic rings. The smallest absolute Gasteiger partial charge is 0.338 e. The topological polar surface area (TPSA) is 95.2 Å². The molecular weight excluding hydrogens is 298 g/mol. The van der Waals surface area contributed by atoms with Crippen molar-refractivity contribution in [3.05, 3.63) is 35.0 Å². The number of nitrogens with one attached hydrogen (secondary N) is 1. The van der Waals surface area contributed by atoms with E-state index in [9.17, 15) is 4.79 Å². The van der Waals surface area contributed by atoms with Gasteiger partial charge in [0.1, 0.15) is 6.04 Å². The third-order valence-corrected chi connectivity index (χ3v) is 3.48. The number of nitrogens with zero attached hydrogens (tertiary/aromatic N) is 1. The van der Waals surface area contributed by atoms with Crippen LogP contribution in [0.3, 0.4) is 0 Å². The molecule has 1 aliphatic heterocycles. The van der Waals surface area contributed by atoms with Crippen molar-refractivity contribution in [2.24, 2.45) is 10.7 Å². The summed E-state index contributed by atoms with van der Waals surface area (Å²) in [5.74, 6) is 0.975. The van der Waals surface area contributed by atoms with Crippen LogP contribution in [0, 0.1) is 0 Å². The second kappa shape index (κ2) is 7.04. The summed E-state index contributed by atoms with van der Waals surface area (Å²) in [6.45, 7) is 3.81. The van der Waals surface area contributed by atoms with Crippen molar-refractivity contribution < 1.29 is 19.0 Å². The quantitative estimate of drug-likeness (QED) is 0.799. The standard InChI is InChI=1S/C16H21N3O4/c1-5-23-15(20)13-9(2)18-16(17)19-14(13)10-6-7-11(21-3)12(8-10)22-4/h6-8,14H,5H2,1-4H3,(H3,17,18,19). The number of guanidine groups is 1. The van der Waals surface area contributed by atoms with Gasteiger partial charge in [0.15, 0.2) is 17.5 Å². The number of hydrogen-bond acceptors (Lipinski definition) is 7. The van der Waals surface area contributed by atoms with Crippen LogP contribution in [0.1, 0.15) is 25.5 Å². The summed E-state index contributed by atoms with van der Waals surface area (Å²) in [7, 11) is 3.11. The number of hydrogen-bond donors (Lipinski definition) is 2. The number of carbonyl (C=O) groups is 1. The SMILES string of the molecule is CCOC(=O)C1=C(C)NC(N)=NC1c1ccc(OC)c(OC)c1. The van der Waals surface area contributed by atoms with Crippen LogP contribution in [0.2, 0.25) is 0 Å². The van der Waals surface area contributed by atoms with Crippen LogP contribution < -0.4 is 20.5 Å². The first kappa shape index (κ1) is 16.7. The Balaban J connectivity index is 2.49. The van der Waals surface area contributed by atoms with E-state index in [4.69, 9.17) is 19.9 Å². The molecule has 3 N–H and O–H groups in total. The molecule has 0 fully saturated rings. The Kier molecular flexibility index (Phi) is 5.10. The van der Waals surface area contributed by atoms with Crippen molar-refractivity contribution in [1.82, 2.24) is 5.32 Å². The average Bonchev–Trinajstić information content (AvgIpc) is 2.53. The average molecular weight is 319 g/mol. The first-order valence-corrected chi connectivity index (χ1v) is 7.21. The molecular formula is C16H21N3O4. The molecule has 0 saturated heterocycles. The van der Waals surface area contributed by atoms with E-state index >= 15 is 0 Å². The maximum Gasteiger partial charge on any atom is 0.338 e. The highest BCUT2D eigenvalue weighted by Crippen LogP contribution is 2.36. The molecule has 2 rings (SSSR count). The molecule has 0 amide bonds. The van der Waals surface area contributed by atoms with Crippen LogP contribution >= 0.6 is 0 Å². The molecule has 0 aromatic heterocycles. The van der Waals surface area contributed by atoms with Gasteiger partial charge in [0.25, 0.3) is 0 Å². The predicted molar refractivity (Wildman–Crippen MR) is 86.4 cm³/mol. The van der Waals surface area contributed by atoms with E-state index in [1.165, 1.54) is 0 Å². The van der Waals surface area contributed by atoms with Gasteiger partial charge in [-0.1, -0.05) is 6.07 Å². The first-order valence-electron chi connectivity index (χ1n) is 7.21. The fraction of sp³-hybridized carbons (Fsp3) is 0.375. The normalized spacial score (nSPS) is 17.2. The fourth-order valence-corrected chi connectivity index (χ4v) is 2.44. The molecule has 124 valence electrons. The fourth-order valence-electron chi connectivity index (χ4n) is 2.44. The number of nitrogens with two attached hydrogens (primary N) is 1. The Hall–Kier alpha value is -2.70. The summed E-state index contributed by atoms with van der Waals surface area (Å²) in [5.41, 5.74) is 7.62. The minimum absolute atomic E-state index is 0.246. The maximum absolute atomic E-state index is 12.3. The van der Waals surface area contributed by atoms with Crippen LogP contribution in [-0.2, 0) is 9.53 Å². The van der Waals surface area contributed by atoms with E-state index < -0.39 is 12.0 Å². The lowest BCUT2D eigenvalue weighted by Gasteiger charge is -2.25. The molecule has 7 heteroatoms. The van der Waals surface area contributed by atoms with E-state index in [0.29, 0.717) is 22.8 Å². The molecule has 0 radical (unpaired) electrons. The number of benzene rings is 1. The molecule has 1 atom stereocenters. The van der Waals surface area contributed by atoms with Gasteiger partial charge < -0.3 is 25.3 Å². The van der Waals surface area contributed by atoms with Gasteiger partial charge in [-0.25, -0.2) is 9.79 Å². The van der Waals surface area contributed by atoms with E-state index in [1.807, 2.05) is 6.07 Å². The lowest BCUT2D eigenvalue weighted by molar-refractivity contribution is -0.138. The van der Waals surface area contributed by atoms with Gasteiger partial charge in [0.2, 0.25) is 0 Å². The zero-order chi connectivity index (χ0) is 17.0. The Morgan fingerprint density at radius 2 is 2.00 bits per heavy atom. The van der Waals surface area contributed by atoms with Gasteiger partial charge in [-0.3, -0.25) is 0 Å². The third kappa shape index (κ3) is 3.39. The second-order valence-corrected chi connectivity index (χ2v) is 4.92. The second-order valence-electron chi connectivity index (χ2n) is 4.92. The lowest BCUT2D eigenvalue weighted by atomic mass is 9.96. The maximum atomic E-state index is 12.3. The largest absolute Gasteiger partial charge is 0.493 e. The van der Waals surface area contributed by atoms with E-state index in [2.05, 4.69) is 10.3 Å². The molecule has 7 nitrogen and oxygen atoms in total. The van der Waals surface area contributed by atoms with Crippen molar-refractivity contribution in [3.8, 4) is 11.5 Å². The molecule has 23 heavy (non-hydrogen) atoms.